The number of carbonyl (C=O) groups is 1. The molecule has 0 heterocycles. The molecule has 2 heteroatoms. The van der Waals surface area contributed by atoms with Gasteiger partial charge < -0.3 is 4.74 Å². The van der Waals surface area contributed by atoms with Crippen LogP contribution in [0, 0.1) is 22.7 Å². The Hall–Kier alpha value is -1.05. The Bertz CT molecular complexity index is 508. The van der Waals surface area contributed by atoms with Gasteiger partial charge in [-0.3, -0.25) is 4.79 Å². The minimum absolute atomic E-state index is 0.267. The van der Waals surface area contributed by atoms with Crippen LogP contribution in [-0.2, 0) is 9.53 Å². The highest BCUT2D eigenvalue weighted by molar-refractivity contribution is 5.39. The Kier molecular flexibility index (Phi) is 3.78. The highest BCUT2D eigenvalue weighted by Gasteiger charge is 2.56. The standard InChI is InChI=1S/C20H30O2/c1-5-18(2)12-9-16-15(13-18)7-8-17-19(16,3)10-6-11-20(17,4)22-14-21/h5,7,14,16-17H,1,6,8-13H2,2-4H3/t16?,17?,18-,19?,20+/m0/s1. The summed E-state index contributed by atoms with van der Waals surface area (Å²) in [7, 11) is 0. The van der Waals surface area contributed by atoms with Crippen LogP contribution < -0.4 is 0 Å². The van der Waals surface area contributed by atoms with Crippen LogP contribution in [0.4, 0.5) is 0 Å². The molecule has 3 aliphatic rings. The van der Waals surface area contributed by atoms with E-state index in [0.717, 1.165) is 19.3 Å². The monoisotopic (exact) mass is 302 g/mol. The number of carbonyl (C=O) groups excluding carboxylic acids is 1. The highest BCUT2D eigenvalue weighted by atomic mass is 16.5. The summed E-state index contributed by atoms with van der Waals surface area (Å²) in [6.45, 7) is 11.7. The predicted molar refractivity (Wildman–Crippen MR) is 89.3 cm³/mol. The summed E-state index contributed by atoms with van der Waals surface area (Å²) >= 11 is 0. The van der Waals surface area contributed by atoms with Crippen molar-refractivity contribution < 1.29 is 9.53 Å². The highest BCUT2D eigenvalue weighted by Crippen LogP contribution is 2.62. The molecule has 0 aliphatic heterocycles. The third kappa shape index (κ3) is 2.26. The molecule has 0 N–H and O–H groups in total. The summed E-state index contributed by atoms with van der Waals surface area (Å²) in [4.78, 5) is 11.0. The summed E-state index contributed by atoms with van der Waals surface area (Å²) in [5, 5.41) is 0. The lowest BCUT2D eigenvalue weighted by atomic mass is 9.48. The summed E-state index contributed by atoms with van der Waals surface area (Å²) in [6, 6.07) is 0. The van der Waals surface area contributed by atoms with Crippen LogP contribution in [0.15, 0.2) is 24.3 Å². The second kappa shape index (κ2) is 5.25. The van der Waals surface area contributed by atoms with Gasteiger partial charge in [-0.05, 0) is 68.6 Å². The third-order valence-electron chi connectivity index (χ3n) is 7.20. The van der Waals surface area contributed by atoms with E-state index in [9.17, 15) is 4.79 Å². The first-order chi connectivity index (χ1) is 10.4. The average Bonchev–Trinajstić information content (AvgIpc) is 2.47. The van der Waals surface area contributed by atoms with E-state index in [-0.39, 0.29) is 16.4 Å². The van der Waals surface area contributed by atoms with Crippen LogP contribution in [0.2, 0.25) is 0 Å². The van der Waals surface area contributed by atoms with E-state index in [1.165, 1.54) is 25.7 Å². The van der Waals surface area contributed by atoms with Crippen molar-refractivity contribution in [1.29, 1.82) is 0 Å². The third-order valence-corrected chi connectivity index (χ3v) is 7.20. The second-order valence-electron chi connectivity index (χ2n) is 8.58. The minimum atomic E-state index is -0.282. The quantitative estimate of drug-likeness (QED) is 0.539. The molecule has 122 valence electrons. The molecule has 0 aromatic rings. The Labute approximate surface area is 135 Å². The van der Waals surface area contributed by atoms with Gasteiger partial charge >= 0.3 is 0 Å². The molecule has 0 spiro atoms. The number of fused-ring (bicyclic) bond motifs is 3. The van der Waals surface area contributed by atoms with Gasteiger partial charge in [0.2, 0.25) is 0 Å². The molecule has 0 radical (unpaired) electrons. The zero-order chi connectivity index (χ0) is 16.0. The van der Waals surface area contributed by atoms with Gasteiger partial charge in [-0.1, -0.05) is 31.6 Å². The fourth-order valence-electron chi connectivity index (χ4n) is 5.80. The van der Waals surface area contributed by atoms with Crippen molar-refractivity contribution in [3.63, 3.8) is 0 Å². The molecule has 5 atom stereocenters. The Morgan fingerprint density at radius 1 is 1.27 bits per heavy atom. The van der Waals surface area contributed by atoms with Crippen molar-refractivity contribution in [3.05, 3.63) is 24.3 Å². The van der Waals surface area contributed by atoms with Crippen molar-refractivity contribution in [3.8, 4) is 0 Å². The van der Waals surface area contributed by atoms with Gasteiger partial charge in [0.25, 0.3) is 6.47 Å². The topological polar surface area (TPSA) is 26.3 Å². The Morgan fingerprint density at radius 2 is 2.05 bits per heavy atom. The van der Waals surface area contributed by atoms with Gasteiger partial charge in [0.15, 0.2) is 0 Å². The molecule has 0 amide bonds. The van der Waals surface area contributed by atoms with E-state index in [1.54, 1.807) is 5.57 Å². The second-order valence-corrected chi connectivity index (χ2v) is 8.58. The molecule has 2 saturated carbocycles. The van der Waals surface area contributed by atoms with Crippen LogP contribution in [0.5, 0.6) is 0 Å². The van der Waals surface area contributed by atoms with Crippen molar-refractivity contribution in [2.24, 2.45) is 22.7 Å². The smallest absolute Gasteiger partial charge is 0.293 e. The molecule has 2 nitrogen and oxygen atoms in total. The van der Waals surface area contributed by atoms with Gasteiger partial charge in [-0.25, -0.2) is 0 Å². The molecule has 0 aromatic heterocycles. The number of ether oxygens (including phenoxy) is 1. The molecular formula is C20H30O2. The number of rotatable bonds is 3. The van der Waals surface area contributed by atoms with E-state index < -0.39 is 0 Å². The first-order valence-corrected chi connectivity index (χ1v) is 8.81. The summed E-state index contributed by atoms with van der Waals surface area (Å²) in [5.41, 5.74) is 1.91. The minimum Gasteiger partial charge on any atom is -0.461 e. The van der Waals surface area contributed by atoms with Crippen LogP contribution in [-0.4, -0.2) is 12.1 Å². The summed E-state index contributed by atoms with van der Waals surface area (Å²) in [5.74, 6) is 1.12. The van der Waals surface area contributed by atoms with Crippen molar-refractivity contribution in [2.75, 3.05) is 0 Å². The largest absolute Gasteiger partial charge is 0.461 e. The zero-order valence-corrected chi connectivity index (χ0v) is 14.4. The van der Waals surface area contributed by atoms with Gasteiger partial charge in [0, 0.05) is 5.92 Å². The summed E-state index contributed by atoms with van der Waals surface area (Å²) in [6.07, 6.45) is 12.8. The first-order valence-electron chi connectivity index (χ1n) is 8.81. The number of hydrogen-bond donors (Lipinski definition) is 0. The lowest BCUT2D eigenvalue weighted by Crippen LogP contribution is -2.55. The van der Waals surface area contributed by atoms with Crippen LogP contribution in [0.3, 0.4) is 0 Å². The van der Waals surface area contributed by atoms with Crippen molar-refractivity contribution >= 4 is 6.47 Å². The number of hydrogen-bond acceptors (Lipinski definition) is 2. The predicted octanol–water partition coefficient (Wildman–Crippen LogP) is 5.05. The Balaban J connectivity index is 1.94. The van der Waals surface area contributed by atoms with Crippen molar-refractivity contribution in [2.45, 2.75) is 71.3 Å². The Morgan fingerprint density at radius 3 is 2.73 bits per heavy atom. The first kappa shape index (κ1) is 15.8. The van der Waals surface area contributed by atoms with Gasteiger partial charge in [-0.15, -0.1) is 6.58 Å². The van der Waals surface area contributed by atoms with E-state index in [2.05, 4.69) is 39.5 Å². The fourth-order valence-corrected chi connectivity index (χ4v) is 5.80. The maximum Gasteiger partial charge on any atom is 0.293 e. The molecule has 0 saturated heterocycles. The lowest BCUT2D eigenvalue weighted by molar-refractivity contribution is -0.169. The van der Waals surface area contributed by atoms with E-state index >= 15 is 0 Å². The molecule has 0 aromatic carbocycles. The molecule has 3 unspecified atom stereocenters. The SMILES string of the molecule is C=C[C@@]1(C)CCC2C(=CCC3C2(C)CCC[C@@]3(C)OC=O)C1. The molecule has 2 fully saturated rings. The molecule has 0 bridgehead atoms. The van der Waals surface area contributed by atoms with Gasteiger partial charge in [0.1, 0.15) is 5.60 Å². The normalized spacial score (nSPS) is 47.7. The van der Waals surface area contributed by atoms with Crippen LogP contribution in [0.1, 0.15) is 65.7 Å². The molecule has 22 heavy (non-hydrogen) atoms. The van der Waals surface area contributed by atoms with Gasteiger partial charge in [-0.2, -0.15) is 0 Å². The van der Waals surface area contributed by atoms with E-state index in [0.29, 0.717) is 18.3 Å². The summed E-state index contributed by atoms with van der Waals surface area (Å²) < 4.78 is 5.62. The average molecular weight is 302 g/mol. The van der Waals surface area contributed by atoms with E-state index in [4.69, 9.17) is 4.74 Å². The maximum atomic E-state index is 11.0. The molecule has 3 aliphatic carbocycles. The zero-order valence-electron chi connectivity index (χ0n) is 14.4. The molecular weight excluding hydrogens is 272 g/mol. The maximum absolute atomic E-state index is 11.0. The fraction of sp³-hybridized carbons (Fsp3) is 0.750. The van der Waals surface area contributed by atoms with Crippen LogP contribution >= 0.6 is 0 Å². The van der Waals surface area contributed by atoms with Crippen LogP contribution in [0.25, 0.3) is 0 Å². The molecule has 3 rings (SSSR count). The van der Waals surface area contributed by atoms with Crippen molar-refractivity contribution in [1.82, 2.24) is 0 Å². The lowest BCUT2D eigenvalue weighted by Gasteiger charge is -2.58. The number of allylic oxidation sites excluding steroid dienone is 3. The van der Waals surface area contributed by atoms with Gasteiger partial charge in [0.05, 0.1) is 0 Å². The van der Waals surface area contributed by atoms with E-state index in [1.807, 2.05) is 0 Å².